The van der Waals surface area contributed by atoms with E-state index in [0.717, 1.165) is 61.3 Å². The maximum Gasteiger partial charge on any atom is 0.255 e. The minimum atomic E-state index is 0.00820. The van der Waals surface area contributed by atoms with E-state index in [0.29, 0.717) is 6.42 Å². The number of allylic oxidation sites excluding steroid dienone is 6. The van der Waals surface area contributed by atoms with Crippen molar-refractivity contribution in [2.24, 2.45) is 4.99 Å². The van der Waals surface area contributed by atoms with Crippen molar-refractivity contribution in [3.63, 3.8) is 0 Å². The first kappa shape index (κ1) is 24.7. The molecule has 0 heterocycles. The van der Waals surface area contributed by atoms with Crippen LogP contribution in [0.15, 0.2) is 62.8 Å². The Balaban J connectivity index is 1.94. The van der Waals surface area contributed by atoms with Crippen LogP contribution in [0.5, 0.6) is 0 Å². The topological polar surface area (TPSA) is 50.7 Å². The summed E-state index contributed by atoms with van der Waals surface area (Å²) in [6.07, 6.45) is 13.8. The SMILES string of the molecule is CCCCC1=C(C)C=C=C(C(=O)N[C@@H]2CCC=C(O/C(C)=C/C(C)=C=NCC)C2)CC1. The molecule has 0 radical (unpaired) electrons. The maximum atomic E-state index is 12.9. The van der Waals surface area contributed by atoms with Gasteiger partial charge in [-0.3, -0.25) is 4.79 Å². The van der Waals surface area contributed by atoms with Gasteiger partial charge < -0.3 is 10.1 Å². The van der Waals surface area contributed by atoms with Gasteiger partial charge in [0.1, 0.15) is 11.5 Å². The lowest BCUT2D eigenvalue weighted by molar-refractivity contribution is -0.118. The van der Waals surface area contributed by atoms with Gasteiger partial charge >= 0.3 is 0 Å². The fourth-order valence-corrected chi connectivity index (χ4v) is 3.86. The Morgan fingerprint density at radius 1 is 1.35 bits per heavy atom. The monoisotopic (exact) mass is 422 g/mol. The first-order chi connectivity index (χ1) is 14.9. The number of nitrogens with one attached hydrogen (secondary N) is 1. The standard InChI is InChI=1S/C27H38N2O2/c1-6-8-10-23-15-16-24(14-13-21(23)4)27(30)29-25-11-9-12-26(18-25)31-22(5)17-20(3)19-28-7-2/h12-13,17,25H,6-11,15-16,18H2,1-5H3,(H,29,30)/b22-17+/t25-/m1/s1. The molecule has 0 spiro atoms. The number of aliphatic imine (C=N–C) groups is 1. The lowest BCUT2D eigenvalue weighted by Gasteiger charge is -2.24. The molecule has 1 amide bonds. The van der Waals surface area contributed by atoms with E-state index in [1.54, 1.807) is 0 Å². The fraction of sp³-hybridized carbons (Fsp3) is 0.556. The van der Waals surface area contributed by atoms with Crippen LogP contribution in [0.25, 0.3) is 0 Å². The van der Waals surface area contributed by atoms with E-state index in [-0.39, 0.29) is 11.9 Å². The molecule has 4 nitrogen and oxygen atoms in total. The van der Waals surface area contributed by atoms with Crippen LogP contribution in [0.1, 0.15) is 86.0 Å². The molecule has 2 rings (SSSR count). The van der Waals surface area contributed by atoms with E-state index in [9.17, 15) is 4.79 Å². The Labute approximate surface area is 188 Å². The summed E-state index contributed by atoms with van der Waals surface area (Å²) < 4.78 is 6.02. The van der Waals surface area contributed by atoms with Crippen molar-refractivity contribution in [3.8, 4) is 0 Å². The number of hydrogen-bond acceptors (Lipinski definition) is 3. The number of hydrogen-bond donors (Lipinski definition) is 1. The third-order valence-corrected chi connectivity index (χ3v) is 5.60. The van der Waals surface area contributed by atoms with Gasteiger partial charge in [0.05, 0.1) is 5.57 Å². The van der Waals surface area contributed by atoms with Crippen molar-refractivity contribution in [1.29, 1.82) is 0 Å². The zero-order valence-electron chi connectivity index (χ0n) is 19.9. The van der Waals surface area contributed by atoms with E-state index >= 15 is 0 Å². The minimum Gasteiger partial charge on any atom is -0.467 e. The van der Waals surface area contributed by atoms with Crippen LogP contribution in [-0.2, 0) is 9.53 Å². The molecule has 0 aromatic heterocycles. The summed E-state index contributed by atoms with van der Waals surface area (Å²) in [7, 11) is 0. The van der Waals surface area contributed by atoms with Gasteiger partial charge in [0.15, 0.2) is 0 Å². The average molecular weight is 423 g/mol. The molecule has 1 N–H and O–H groups in total. The lowest BCUT2D eigenvalue weighted by Crippen LogP contribution is -2.37. The van der Waals surface area contributed by atoms with Crippen LogP contribution in [0.2, 0.25) is 0 Å². The Hall–Kier alpha value is -2.54. The van der Waals surface area contributed by atoms with Gasteiger partial charge in [-0.15, -0.1) is 5.73 Å². The highest BCUT2D eigenvalue weighted by molar-refractivity contribution is 5.93. The molecule has 0 aromatic rings. The third kappa shape index (κ3) is 8.61. The van der Waals surface area contributed by atoms with Crippen molar-refractivity contribution in [2.45, 2.75) is 92.0 Å². The zero-order valence-corrected chi connectivity index (χ0v) is 19.9. The molecule has 168 valence electrons. The predicted molar refractivity (Wildman–Crippen MR) is 129 cm³/mol. The maximum absolute atomic E-state index is 12.9. The number of rotatable bonds is 9. The van der Waals surface area contributed by atoms with Crippen LogP contribution in [0.3, 0.4) is 0 Å². The summed E-state index contributed by atoms with van der Waals surface area (Å²) in [6, 6.07) is 0.0877. The van der Waals surface area contributed by atoms with Crippen molar-refractivity contribution in [2.75, 3.05) is 6.54 Å². The number of carbonyl (C=O) groups is 1. The molecule has 0 fully saturated rings. The van der Waals surface area contributed by atoms with Gasteiger partial charge in [-0.25, -0.2) is 4.99 Å². The summed E-state index contributed by atoms with van der Waals surface area (Å²) >= 11 is 0. The van der Waals surface area contributed by atoms with Crippen molar-refractivity contribution >= 4 is 11.8 Å². The van der Waals surface area contributed by atoms with Crippen LogP contribution in [0.4, 0.5) is 0 Å². The van der Waals surface area contributed by atoms with Crippen LogP contribution < -0.4 is 5.32 Å². The highest BCUT2D eigenvalue weighted by Crippen LogP contribution is 2.25. The molecule has 4 heteroatoms. The molecule has 0 aromatic carbocycles. The molecule has 0 unspecified atom stereocenters. The van der Waals surface area contributed by atoms with Gasteiger partial charge in [-0.05, 0) is 95.9 Å². The number of nitrogens with zero attached hydrogens (tertiary/aromatic N) is 1. The molecule has 0 saturated carbocycles. The summed E-state index contributed by atoms with van der Waals surface area (Å²) in [5.74, 6) is 4.72. The number of amides is 1. The van der Waals surface area contributed by atoms with E-state index < -0.39 is 0 Å². The molecule has 1 atom stereocenters. The number of ether oxygens (including phenoxy) is 1. The molecule has 2 aliphatic carbocycles. The molecular weight excluding hydrogens is 384 g/mol. The van der Waals surface area contributed by atoms with Gasteiger partial charge in [0.25, 0.3) is 5.91 Å². The second kappa shape index (κ2) is 13.0. The van der Waals surface area contributed by atoms with Crippen LogP contribution in [-0.4, -0.2) is 24.4 Å². The quantitative estimate of drug-likeness (QED) is 0.200. The second-order valence-electron chi connectivity index (χ2n) is 8.41. The van der Waals surface area contributed by atoms with E-state index in [1.807, 2.05) is 32.9 Å². The highest BCUT2D eigenvalue weighted by atomic mass is 16.5. The fourth-order valence-electron chi connectivity index (χ4n) is 3.86. The van der Waals surface area contributed by atoms with Gasteiger partial charge in [-0.1, -0.05) is 18.9 Å². The Morgan fingerprint density at radius 3 is 2.90 bits per heavy atom. The molecule has 0 bridgehead atoms. The predicted octanol–water partition coefficient (Wildman–Crippen LogP) is 6.48. The van der Waals surface area contributed by atoms with Gasteiger partial charge in [-0.2, -0.15) is 0 Å². The molecule has 0 aliphatic heterocycles. The normalized spacial score (nSPS) is 19.1. The summed E-state index contributed by atoms with van der Waals surface area (Å²) in [5, 5.41) is 3.21. The lowest BCUT2D eigenvalue weighted by atomic mass is 9.97. The summed E-state index contributed by atoms with van der Waals surface area (Å²) in [6.45, 7) is 11.0. The Morgan fingerprint density at radius 2 is 2.16 bits per heavy atom. The van der Waals surface area contributed by atoms with E-state index in [1.165, 1.54) is 24.0 Å². The van der Waals surface area contributed by atoms with Crippen molar-refractivity contribution in [3.05, 3.63) is 57.8 Å². The third-order valence-electron chi connectivity index (χ3n) is 5.60. The number of unbranched alkanes of at least 4 members (excludes halogenated alkanes) is 1. The Bertz CT molecular complexity index is 873. The van der Waals surface area contributed by atoms with Crippen molar-refractivity contribution < 1.29 is 9.53 Å². The average Bonchev–Trinajstić information content (AvgIpc) is 2.92. The molecule has 31 heavy (non-hydrogen) atoms. The highest BCUT2D eigenvalue weighted by Gasteiger charge is 2.21. The van der Waals surface area contributed by atoms with E-state index in [4.69, 9.17) is 4.74 Å². The largest absolute Gasteiger partial charge is 0.467 e. The van der Waals surface area contributed by atoms with Crippen LogP contribution in [0, 0.1) is 0 Å². The van der Waals surface area contributed by atoms with Crippen LogP contribution >= 0.6 is 0 Å². The molecule has 0 saturated heterocycles. The first-order valence-electron chi connectivity index (χ1n) is 11.7. The Kier molecular flexibility index (Phi) is 10.4. The zero-order chi connectivity index (χ0) is 22.6. The van der Waals surface area contributed by atoms with Gasteiger partial charge in [0, 0.05) is 24.6 Å². The first-order valence-corrected chi connectivity index (χ1v) is 11.7. The van der Waals surface area contributed by atoms with Gasteiger partial charge in [0.2, 0.25) is 0 Å². The van der Waals surface area contributed by atoms with Crippen molar-refractivity contribution in [1.82, 2.24) is 5.32 Å². The molecular formula is C27H38N2O2. The van der Waals surface area contributed by atoms with E-state index in [2.05, 4.69) is 41.8 Å². The second-order valence-corrected chi connectivity index (χ2v) is 8.41. The summed E-state index contributed by atoms with van der Waals surface area (Å²) in [5.41, 5.74) is 7.68. The number of carbonyl (C=O) groups excluding carboxylic acids is 1. The summed E-state index contributed by atoms with van der Waals surface area (Å²) in [4.78, 5) is 17.0. The minimum absolute atomic E-state index is 0.00820. The molecule has 2 aliphatic rings. The smallest absolute Gasteiger partial charge is 0.255 e.